The predicted octanol–water partition coefficient (Wildman–Crippen LogP) is 3.14. The Labute approximate surface area is 119 Å². The zero-order valence-corrected chi connectivity index (χ0v) is 11.7. The van der Waals surface area contributed by atoms with Crippen LogP contribution in [0.3, 0.4) is 0 Å². The summed E-state index contributed by atoms with van der Waals surface area (Å²) >= 11 is 0. The van der Waals surface area contributed by atoms with Gasteiger partial charge < -0.3 is 9.84 Å². The van der Waals surface area contributed by atoms with E-state index in [2.05, 4.69) is 20.4 Å². The fourth-order valence-corrected chi connectivity index (χ4v) is 1.93. The lowest BCUT2D eigenvalue weighted by atomic mass is 10.1. The van der Waals surface area contributed by atoms with Crippen LogP contribution in [0.2, 0.25) is 0 Å². The summed E-state index contributed by atoms with van der Waals surface area (Å²) in [6.07, 6.45) is -1.93. The Morgan fingerprint density at radius 1 is 1.29 bits per heavy atom. The predicted molar refractivity (Wildman–Crippen MR) is 69.8 cm³/mol. The van der Waals surface area contributed by atoms with Crippen molar-refractivity contribution in [1.29, 1.82) is 0 Å². The van der Waals surface area contributed by atoms with Gasteiger partial charge in [0, 0.05) is 18.3 Å². The fraction of sp³-hybridized carbons (Fsp3) is 0.462. The molecular formula is C13H15F3N4O. The molecule has 2 aromatic heterocycles. The van der Waals surface area contributed by atoms with E-state index in [-0.39, 0.29) is 5.95 Å². The van der Waals surface area contributed by atoms with Crippen LogP contribution in [0.5, 0.6) is 0 Å². The van der Waals surface area contributed by atoms with Crippen molar-refractivity contribution in [3.63, 3.8) is 0 Å². The lowest BCUT2D eigenvalue weighted by Gasteiger charge is -2.08. The number of aryl methyl sites for hydroxylation is 2. The number of alkyl halides is 3. The van der Waals surface area contributed by atoms with Crippen LogP contribution in [0.25, 0.3) is 0 Å². The van der Waals surface area contributed by atoms with Crippen molar-refractivity contribution in [2.45, 2.75) is 32.9 Å². The molecule has 0 saturated heterocycles. The number of aromatic nitrogens is 3. The highest BCUT2D eigenvalue weighted by Gasteiger charge is 2.32. The smallest absolute Gasteiger partial charge is 0.361 e. The van der Waals surface area contributed by atoms with Gasteiger partial charge in [0.1, 0.15) is 11.5 Å². The number of rotatable bonds is 5. The molecule has 0 bridgehead atoms. The van der Waals surface area contributed by atoms with Crippen molar-refractivity contribution >= 4 is 5.95 Å². The number of nitrogens with one attached hydrogen (secondary N) is 1. The van der Waals surface area contributed by atoms with E-state index >= 15 is 0 Å². The average Bonchev–Trinajstić information content (AvgIpc) is 2.74. The molecule has 0 aromatic carbocycles. The Hall–Kier alpha value is -2.12. The Bertz CT molecular complexity index is 590. The van der Waals surface area contributed by atoms with E-state index in [9.17, 15) is 13.2 Å². The van der Waals surface area contributed by atoms with Crippen LogP contribution in [0.15, 0.2) is 16.8 Å². The third kappa shape index (κ3) is 3.93. The Morgan fingerprint density at radius 3 is 2.67 bits per heavy atom. The van der Waals surface area contributed by atoms with Gasteiger partial charge in [0.05, 0.1) is 5.69 Å². The topological polar surface area (TPSA) is 63.8 Å². The van der Waals surface area contributed by atoms with E-state index in [0.29, 0.717) is 13.0 Å². The van der Waals surface area contributed by atoms with Gasteiger partial charge in [-0.05, 0) is 32.8 Å². The summed E-state index contributed by atoms with van der Waals surface area (Å²) in [4.78, 5) is 7.21. The molecule has 0 radical (unpaired) electrons. The highest BCUT2D eigenvalue weighted by Crippen LogP contribution is 2.27. The van der Waals surface area contributed by atoms with E-state index in [1.54, 1.807) is 0 Å². The van der Waals surface area contributed by atoms with Crippen LogP contribution in [-0.2, 0) is 12.6 Å². The van der Waals surface area contributed by atoms with Gasteiger partial charge in [-0.15, -0.1) is 0 Å². The lowest BCUT2D eigenvalue weighted by molar-refractivity contribution is -0.141. The second-order valence-electron chi connectivity index (χ2n) is 4.60. The van der Waals surface area contributed by atoms with Crippen molar-refractivity contribution in [3.05, 3.63) is 35.0 Å². The number of hydrogen-bond donors (Lipinski definition) is 1. The minimum Gasteiger partial charge on any atom is -0.361 e. The van der Waals surface area contributed by atoms with Crippen LogP contribution in [-0.4, -0.2) is 21.7 Å². The molecule has 5 nitrogen and oxygen atoms in total. The Morgan fingerprint density at radius 2 is 2.05 bits per heavy atom. The first-order valence-electron chi connectivity index (χ1n) is 6.44. The SMILES string of the molecule is Cc1noc(C)c1CCCNc1nccc(C(F)(F)F)n1. The van der Waals surface area contributed by atoms with E-state index < -0.39 is 11.9 Å². The maximum atomic E-state index is 12.5. The zero-order valence-electron chi connectivity index (χ0n) is 11.7. The third-order valence-corrected chi connectivity index (χ3v) is 3.01. The second-order valence-corrected chi connectivity index (χ2v) is 4.60. The van der Waals surface area contributed by atoms with Crippen LogP contribution < -0.4 is 5.32 Å². The summed E-state index contributed by atoms with van der Waals surface area (Å²) in [5.41, 5.74) is 0.912. The average molecular weight is 300 g/mol. The molecule has 0 amide bonds. The quantitative estimate of drug-likeness (QED) is 0.859. The molecule has 2 aromatic rings. The number of anilines is 1. The summed E-state index contributed by atoms with van der Waals surface area (Å²) in [7, 11) is 0. The van der Waals surface area contributed by atoms with Crippen molar-refractivity contribution in [1.82, 2.24) is 15.1 Å². The second kappa shape index (κ2) is 6.11. The van der Waals surface area contributed by atoms with Gasteiger partial charge in [0.25, 0.3) is 0 Å². The fourth-order valence-electron chi connectivity index (χ4n) is 1.93. The van der Waals surface area contributed by atoms with E-state index in [1.165, 1.54) is 0 Å². The van der Waals surface area contributed by atoms with Gasteiger partial charge in [-0.3, -0.25) is 0 Å². The van der Waals surface area contributed by atoms with Crippen molar-refractivity contribution in [2.75, 3.05) is 11.9 Å². The largest absolute Gasteiger partial charge is 0.433 e. The third-order valence-electron chi connectivity index (χ3n) is 3.01. The standard InChI is InChI=1S/C13H15F3N4O/c1-8-10(9(2)21-20-8)4-3-6-17-12-18-7-5-11(19-12)13(14,15)16/h5,7H,3-4,6H2,1-2H3,(H,17,18,19). The van der Waals surface area contributed by atoms with Crippen LogP contribution >= 0.6 is 0 Å². The normalized spacial score (nSPS) is 11.7. The minimum atomic E-state index is -4.46. The van der Waals surface area contributed by atoms with Crippen molar-refractivity contribution in [3.8, 4) is 0 Å². The summed E-state index contributed by atoms with van der Waals surface area (Å²) < 4.78 is 42.5. The maximum Gasteiger partial charge on any atom is 0.433 e. The zero-order chi connectivity index (χ0) is 15.5. The summed E-state index contributed by atoms with van der Waals surface area (Å²) in [5.74, 6) is 0.742. The molecule has 1 N–H and O–H groups in total. The first kappa shape index (κ1) is 15.3. The first-order valence-corrected chi connectivity index (χ1v) is 6.44. The summed E-state index contributed by atoms with van der Waals surface area (Å²) in [6, 6.07) is 0.842. The molecule has 0 saturated carbocycles. The molecule has 0 aliphatic heterocycles. The van der Waals surface area contributed by atoms with E-state index in [4.69, 9.17) is 4.52 Å². The number of nitrogens with zero attached hydrogens (tertiary/aromatic N) is 3. The number of hydrogen-bond acceptors (Lipinski definition) is 5. The summed E-state index contributed by atoms with van der Waals surface area (Å²) in [6.45, 7) is 4.15. The van der Waals surface area contributed by atoms with Gasteiger partial charge in [0.15, 0.2) is 0 Å². The van der Waals surface area contributed by atoms with Crippen molar-refractivity contribution in [2.24, 2.45) is 0 Å². The van der Waals surface area contributed by atoms with Gasteiger partial charge >= 0.3 is 6.18 Å². The molecule has 0 spiro atoms. The molecule has 0 aliphatic rings. The van der Waals surface area contributed by atoms with E-state index in [0.717, 1.165) is 35.7 Å². The van der Waals surface area contributed by atoms with Gasteiger partial charge in [-0.1, -0.05) is 5.16 Å². The van der Waals surface area contributed by atoms with Crippen molar-refractivity contribution < 1.29 is 17.7 Å². The molecule has 0 unspecified atom stereocenters. The number of halogens is 3. The molecule has 0 aliphatic carbocycles. The molecule has 2 heterocycles. The molecule has 2 rings (SSSR count). The Balaban J connectivity index is 1.87. The molecule has 21 heavy (non-hydrogen) atoms. The van der Waals surface area contributed by atoms with Crippen LogP contribution in [0.1, 0.15) is 29.1 Å². The molecular weight excluding hydrogens is 285 g/mol. The lowest BCUT2D eigenvalue weighted by Crippen LogP contribution is -2.12. The highest BCUT2D eigenvalue weighted by atomic mass is 19.4. The molecule has 114 valence electrons. The van der Waals surface area contributed by atoms with Gasteiger partial charge in [-0.2, -0.15) is 13.2 Å². The maximum absolute atomic E-state index is 12.5. The van der Waals surface area contributed by atoms with Crippen LogP contribution in [0, 0.1) is 13.8 Å². The molecule has 8 heteroatoms. The minimum absolute atomic E-state index is 0.0245. The van der Waals surface area contributed by atoms with Gasteiger partial charge in [0.2, 0.25) is 5.95 Å². The summed E-state index contributed by atoms with van der Waals surface area (Å²) in [5, 5.41) is 6.63. The Kier molecular flexibility index (Phi) is 4.44. The molecule has 0 fully saturated rings. The monoisotopic (exact) mass is 300 g/mol. The first-order chi connectivity index (χ1) is 9.88. The van der Waals surface area contributed by atoms with Crippen LogP contribution in [0.4, 0.5) is 19.1 Å². The highest BCUT2D eigenvalue weighted by molar-refractivity contribution is 5.26. The molecule has 0 atom stereocenters. The van der Waals surface area contributed by atoms with Gasteiger partial charge in [-0.25, -0.2) is 9.97 Å². The van der Waals surface area contributed by atoms with E-state index in [1.807, 2.05) is 13.8 Å².